The van der Waals surface area contributed by atoms with Crippen LogP contribution in [0.3, 0.4) is 0 Å². The van der Waals surface area contributed by atoms with Crippen molar-refractivity contribution in [2.24, 2.45) is 0 Å². The zero-order chi connectivity index (χ0) is 11.0. The quantitative estimate of drug-likeness (QED) is 0.462. The van der Waals surface area contributed by atoms with Crippen molar-refractivity contribution in [2.75, 3.05) is 6.54 Å². The lowest BCUT2D eigenvalue weighted by Gasteiger charge is -2.29. The molecule has 2 nitrogen and oxygen atoms in total. The van der Waals surface area contributed by atoms with Crippen LogP contribution in [0, 0.1) is 0 Å². The minimum absolute atomic E-state index is 0.584. The molecule has 1 aliphatic rings. The van der Waals surface area contributed by atoms with Crippen LogP contribution in [0.5, 0.6) is 0 Å². The summed E-state index contributed by atoms with van der Waals surface area (Å²) in [5.74, 6) is 0. The van der Waals surface area contributed by atoms with Crippen molar-refractivity contribution in [3.63, 3.8) is 0 Å². The molecule has 2 heterocycles. The van der Waals surface area contributed by atoms with Gasteiger partial charge in [-0.1, -0.05) is 22.6 Å². The molecule has 1 aromatic heterocycles. The molecule has 15 heavy (non-hydrogen) atoms. The standard InChI is InChI=1S/C12H19IN2/c1-9(2)15-6-11-4-5-14(10(3)13)7-12(11)8-15/h6,8-10H,4-5,7H2,1-3H3/t10-/m1/s1. The summed E-state index contributed by atoms with van der Waals surface area (Å²) in [7, 11) is 0. The van der Waals surface area contributed by atoms with Gasteiger partial charge in [-0.3, -0.25) is 4.90 Å². The van der Waals surface area contributed by atoms with E-state index in [4.69, 9.17) is 0 Å². The molecule has 0 spiro atoms. The number of halogens is 1. The zero-order valence-corrected chi connectivity index (χ0v) is 11.9. The van der Waals surface area contributed by atoms with E-state index in [9.17, 15) is 0 Å². The average molecular weight is 318 g/mol. The normalized spacial score (nSPS) is 19.3. The molecule has 0 aliphatic carbocycles. The summed E-state index contributed by atoms with van der Waals surface area (Å²) in [6.45, 7) is 9.08. The molecule has 0 radical (unpaired) electrons. The fourth-order valence-electron chi connectivity index (χ4n) is 2.09. The SMILES string of the molecule is CC(C)n1cc2c(c1)CN([C@H](C)I)CC2. The van der Waals surface area contributed by atoms with Gasteiger partial charge in [-0.05, 0) is 38.3 Å². The highest BCUT2D eigenvalue weighted by molar-refractivity contribution is 14.1. The van der Waals surface area contributed by atoms with Gasteiger partial charge in [-0.2, -0.15) is 0 Å². The molecule has 0 bridgehead atoms. The van der Waals surface area contributed by atoms with Gasteiger partial charge in [0.05, 0.1) is 4.05 Å². The van der Waals surface area contributed by atoms with Crippen molar-refractivity contribution in [1.82, 2.24) is 9.47 Å². The summed E-state index contributed by atoms with van der Waals surface area (Å²) in [4.78, 5) is 2.54. The maximum Gasteiger partial charge on any atom is 0.0593 e. The predicted molar refractivity (Wildman–Crippen MR) is 72.4 cm³/mol. The minimum atomic E-state index is 0.584. The third kappa shape index (κ3) is 2.38. The largest absolute Gasteiger partial charge is 0.351 e. The molecule has 0 saturated heterocycles. The lowest BCUT2D eigenvalue weighted by molar-refractivity contribution is 0.257. The highest BCUT2D eigenvalue weighted by atomic mass is 127. The highest BCUT2D eigenvalue weighted by Crippen LogP contribution is 2.24. The number of aromatic nitrogens is 1. The van der Waals surface area contributed by atoms with Gasteiger partial charge in [0.25, 0.3) is 0 Å². The van der Waals surface area contributed by atoms with E-state index in [0.29, 0.717) is 10.1 Å². The van der Waals surface area contributed by atoms with Gasteiger partial charge >= 0.3 is 0 Å². The first-order chi connectivity index (χ1) is 7.08. The minimum Gasteiger partial charge on any atom is -0.351 e. The maximum absolute atomic E-state index is 2.54. The third-order valence-corrected chi connectivity index (χ3v) is 3.95. The Morgan fingerprint density at radius 3 is 2.47 bits per heavy atom. The van der Waals surface area contributed by atoms with E-state index in [1.807, 2.05) is 0 Å². The number of fused-ring (bicyclic) bond motifs is 1. The Hall–Kier alpha value is -0.0300. The fraction of sp³-hybridized carbons (Fsp3) is 0.667. The molecule has 0 fully saturated rings. The second kappa shape index (κ2) is 4.45. The van der Waals surface area contributed by atoms with Gasteiger partial charge in [-0.15, -0.1) is 0 Å². The molecular weight excluding hydrogens is 299 g/mol. The summed E-state index contributed by atoms with van der Waals surface area (Å²) < 4.78 is 2.98. The van der Waals surface area contributed by atoms with Crippen LogP contribution < -0.4 is 0 Å². The number of alkyl halides is 1. The van der Waals surface area contributed by atoms with Crippen molar-refractivity contribution in [2.45, 2.75) is 43.8 Å². The van der Waals surface area contributed by atoms with Gasteiger partial charge in [0.2, 0.25) is 0 Å². The van der Waals surface area contributed by atoms with E-state index in [2.05, 4.69) is 65.2 Å². The lowest BCUT2D eigenvalue weighted by atomic mass is 10.1. The summed E-state index contributed by atoms with van der Waals surface area (Å²) in [6, 6.07) is 0.584. The monoisotopic (exact) mass is 318 g/mol. The van der Waals surface area contributed by atoms with Crippen LogP contribution in [0.15, 0.2) is 12.4 Å². The van der Waals surface area contributed by atoms with Crippen molar-refractivity contribution < 1.29 is 0 Å². The molecular formula is C12H19IN2. The molecule has 1 atom stereocenters. The number of hydrogen-bond acceptors (Lipinski definition) is 1. The molecule has 1 aromatic rings. The Labute approximate surface area is 106 Å². The zero-order valence-electron chi connectivity index (χ0n) is 9.70. The molecule has 2 rings (SSSR count). The van der Waals surface area contributed by atoms with E-state index in [1.54, 1.807) is 5.56 Å². The van der Waals surface area contributed by atoms with Gasteiger partial charge < -0.3 is 4.57 Å². The Morgan fingerprint density at radius 1 is 1.20 bits per heavy atom. The van der Waals surface area contributed by atoms with E-state index < -0.39 is 0 Å². The average Bonchev–Trinajstić information content (AvgIpc) is 2.59. The molecule has 0 amide bonds. The molecule has 3 heteroatoms. The fourth-order valence-corrected chi connectivity index (χ4v) is 2.57. The second-order valence-corrected chi connectivity index (χ2v) is 6.45. The molecule has 0 unspecified atom stereocenters. The van der Waals surface area contributed by atoms with E-state index in [0.717, 1.165) is 6.54 Å². The van der Waals surface area contributed by atoms with Gasteiger partial charge in [0.1, 0.15) is 0 Å². The van der Waals surface area contributed by atoms with Crippen LogP contribution >= 0.6 is 22.6 Å². The second-order valence-electron chi connectivity index (χ2n) is 4.64. The summed E-state index contributed by atoms with van der Waals surface area (Å²) >= 11 is 2.50. The van der Waals surface area contributed by atoms with E-state index in [1.165, 1.54) is 18.5 Å². The van der Waals surface area contributed by atoms with Crippen LogP contribution in [-0.2, 0) is 13.0 Å². The summed E-state index contributed by atoms with van der Waals surface area (Å²) in [5, 5.41) is 0. The first kappa shape index (κ1) is 11.5. The Bertz CT molecular complexity index is 341. The van der Waals surface area contributed by atoms with Crippen LogP contribution in [-0.4, -0.2) is 20.1 Å². The van der Waals surface area contributed by atoms with Crippen LogP contribution in [0.4, 0.5) is 0 Å². The summed E-state index contributed by atoms with van der Waals surface area (Å²) in [5.41, 5.74) is 3.08. The van der Waals surface area contributed by atoms with E-state index in [-0.39, 0.29) is 0 Å². The van der Waals surface area contributed by atoms with Crippen molar-refractivity contribution in [3.05, 3.63) is 23.5 Å². The first-order valence-electron chi connectivity index (χ1n) is 5.65. The molecule has 1 aliphatic heterocycles. The Kier molecular flexibility index (Phi) is 3.40. The first-order valence-corrected chi connectivity index (χ1v) is 6.90. The summed E-state index contributed by atoms with van der Waals surface area (Å²) in [6.07, 6.45) is 5.86. The van der Waals surface area contributed by atoms with Crippen molar-refractivity contribution in [3.8, 4) is 0 Å². The topological polar surface area (TPSA) is 8.17 Å². The van der Waals surface area contributed by atoms with Crippen LogP contribution in [0.1, 0.15) is 37.9 Å². The van der Waals surface area contributed by atoms with Crippen molar-refractivity contribution in [1.29, 1.82) is 0 Å². The molecule has 84 valence electrons. The Morgan fingerprint density at radius 2 is 1.87 bits per heavy atom. The number of hydrogen-bond donors (Lipinski definition) is 0. The molecule has 0 aromatic carbocycles. The van der Waals surface area contributed by atoms with E-state index >= 15 is 0 Å². The number of nitrogens with zero attached hydrogens (tertiary/aromatic N) is 2. The number of rotatable bonds is 2. The smallest absolute Gasteiger partial charge is 0.0593 e. The predicted octanol–water partition coefficient (Wildman–Crippen LogP) is 3.21. The van der Waals surface area contributed by atoms with Gasteiger partial charge in [-0.25, -0.2) is 0 Å². The highest BCUT2D eigenvalue weighted by Gasteiger charge is 2.20. The lowest BCUT2D eigenvalue weighted by Crippen LogP contribution is -2.33. The molecule has 0 saturated carbocycles. The maximum atomic E-state index is 2.54. The third-order valence-electron chi connectivity index (χ3n) is 3.16. The van der Waals surface area contributed by atoms with Gasteiger partial charge in [0.15, 0.2) is 0 Å². The Balaban J connectivity index is 2.19. The van der Waals surface area contributed by atoms with Gasteiger partial charge in [0, 0.05) is 31.5 Å². The molecule has 0 N–H and O–H groups in total. The van der Waals surface area contributed by atoms with Crippen molar-refractivity contribution >= 4 is 22.6 Å². The van der Waals surface area contributed by atoms with Crippen LogP contribution in [0.2, 0.25) is 0 Å². The van der Waals surface area contributed by atoms with Crippen LogP contribution in [0.25, 0.3) is 0 Å².